The molecule has 2 N–H and O–H groups in total. The Morgan fingerprint density at radius 3 is 2.94 bits per heavy atom. The molecule has 1 heterocycles. The average Bonchev–Trinajstić information content (AvgIpc) is 2.52. The van der Waals surface area contributed by atoms with Crippen LogP contribution in [0, 0.1) is 0 Å². The van der Waals surface area contributed by atoms with Crippen LogP contribution in [-0.4, -0.2) is 50.6 Å². The molecule has 0 aromatic carbocycles. The number of rotatable bonds is 5. The molecule has 1 unspecified atom stereocenters. The molecule has 1 amide bonds. The van der Waals surface area contributed by atoms with Crippen molar-refractivity contribution < 1.29 is 4.79 Å². The Kier molecular flexibility index (Phi) is 6.42. The maximum absolute atomic E-state index is 11.8. The molecule has 1 aliphatic heterocycles. The van der Waals surface area contributed by atoms with Crippen molar-refractivity contribution in [2.45, 2.75) is 38.1 Å². The first-order valence-corrected chi connectivity index (χ1v) is 6.36. The second kappa shape index (κ2) is 7.63. The number of carbonyl (C=O) groups excluding carboxylic acids is 1. The fourth-order valence-electron chi connectivity index (χ4n) is 1.98. The smallest absolute Gasteiger partial charge is 0.237 e. The number of carbonyl (C=O) groups is 1. The molecule has 4 nitrogen and oxygen atoms in total. The van der Waals surface area contributed by atoms with Crippen LogP contribution in [0.1, 0.15) is 32.1 Å². The lowest BCUT2D eigenvalue weighted by Crippen LogP contribution is -2.44. The molecule has 0 bridgehead atoms. The van der Waals surface area contributed by atoms with Crippen LogP contribution in [0.25, 0.3) is 0 Å². The summed E-state index contributed by atoms with van der Waals surface area (Å²) in [5, 5.41) is 6.32. The third-order valence-corrected chi connectivity index (χ3v) is 2.96. The van der Waals surface area contributed by atoms with Crippen molar-refractivity contribution in [1.29, 1.82) is 0 Å². The molecule has 0 aliphatic carbocycles. The zero-order valence-corrected chi connectivity index (χ0v) is 10.6. The van der Waals surface area contributed by atoms with E-state index in [1.807, 2.05) is 0 Å². The molecule has 0 aromatic rings. The predicted molar refractivity (Wildman–Crippen MR) is 66.4 cm³/mol. The molecule has 0 saturated carbocycles. The minimum Gasteiger partial charge on any atom is -0.355 e. The van der Waals surface area contributed by atoms with Crippen LogP contribution in [-0.2, 0) is 4.79 Å². The predicted octanol–water partition coefficient (Wildman–Crippen LogP) is 0.587. The first-order valence-electron chi connectivity index (χ1n) is 6.36. The van der Waals surface area contributed by atoms with E-state index in [1.54, 1.807) is 0 Å². The van der Waals surface area contributed by atoms with E-state index >= 15 is 0 Å². The molecule has 0 spiro atoms. The van der Waals surface area contributed by atoms with Gasteiger partial charge in [0.1, 0.15) is 0 Å². The zero-order chi connectivity index (χ0) is 11.8. The standard InChI is InChI=1S/C12H25N3O/c1-15(2)10-6-9-14-12(16)11-7-4-3-5-8-13-11/h11,13H,3-10H2,1-2H3,(H,14,16). The zero-order valence-electron chi connectivity index (χ0n) is 10.6. The van der Waals surface area contributed by atoms with Gasteiger partial charge in [-0.1, -0.05) is 12.8 Å². The van der Waals surface area contributed by atoms with Crippen LogP contribution in [0.5, 0.6) is 0 Å². The Morgan fingerprint density at radius 2 is 2.19 bits per heavy atom. The lowest BCUT2D eigenvalue weighted by atomic mass is 10.1. The molecular weight excluding hydrogens is 202 g/mol. The summed E-state index contributed by atoms with van der Waals surface area (Å²) in [4.78, 5) is 13.9. The highest BCUT2D eigenvalue weighted by atomic mass is 16.2. The van der Waals surface area contributed by atoms with Gasteiger partial charge in [-0.2, -0.15) is 0 Å². The van der Waals surface area contributed by atoms with Gasteiger partial charge in [0.2, 0.25) is 5.91 Å². The van der Waals surface area contributed by atoms with Crippen molar-refractivity contribution in [1.82, 2.24) is 15.5 Å². The van der Waals surface area contributed by atoms with Gasteiger partial charge in [0.25, 0.3) is 0 Å². The van der Waals surface area contributed by atoms with Crippen LogP contribution in [0.3, 0.4) is 0 Å². The monoisotopic (exact) mass is 227 g/mol. The maximum Gasteiger partial charge on any atom is 0.237 e. The quantitative estimate of drug-likeness (QED) is 0.676. The fourth-order valence-corrected chi connectivity index (χ4v) is 1.98. The van der Waals surface area contributed by atoms with E-state index in [9.17, 15) is 4.79 Å². The first kappa shape index (κ1) is 13.5. The minimum atomic E-state index is 0.0434. The summed E-state index contributed by atoms with van der Waals surface area (Å²) in [6, 6.07) is 0.0434. The Balaban J connectivity index is 2.13. The summed E-state index contributed by atoms with van der Waals surface area (Å²) < 4.78 is 0. The molecule has 1 atom stereocenters. The summed E-state index contributed by atoms with van der Waals surface area (Å²) in [6.45, 7) is 2.79. The third-order valence-electron chi connectivity index (χ3n) is 2.96. The van der Waals surface area contributed by atoms with Gasteiger partial charge in [-0.3, -0.25) is 4.79 Å². The Bertz CT molecular complexity index is 198. The highest BCUT2D eigenvalue weighted by molar-refractivity contribution is 5.81. The first-order chi connectivity index (χ1) is 7.70. The molecule has 4 heteroatoms. The van der Waals surface area contributed by atoms with E-state index < -0.39 is 0 Å². The number of nitrogens with zero attached hydrogens (tertiary/aromatic N) is 1. The lowest BCUT2D eigenvalue weighted by molar-refractivity contribution is -0.123. The van der Waals surface area contributed by atoms with E-state index in [1.165, 1.54) is 19.3 Å². The molecule has 16 heavy (non-hydrogen) atoms. The summed E-state index contributed by atoms with van der Waals surface area (Å²) in [7, 11) is 4.10. The van der Waals surface area contributed by atoms with Crippen LogP contribution >= 0.6 is 0 Å². The Morgan fingerprint density at radius 1 is 1.38 bits per heavy atom. The van der Waals surface area contributed by atoms with Gasteiger partial charge in [0, 0.05) is 6.54 Å². The van der Waals surface area contributed by atoms with Gasteiger partial charge in [-0.15, -0.1) is 0 Å². The number of hydrogen-bond acceptors (Lipinski definition) is 3. The number of amides is 1. The van der Waals surface area contributed by atoms with Crippen LogP contribution in [0.2, 0.25) is 0 Å². The Hall–Kier alpha value is -0.610. The van der Waals surface area contributed by atoms with E-state index in [4.69, 9.17) is 0 Å². The van der Waals surface area contributed by atoms with Crippen LogP contribution in [0.4, 0.5) is 0 Å². The van der Waals surface area contributed by atoms with Crippen molar-refractivity contribution in [3.8, 4) is 0 Å². The van der Waals surface area contributed by atoms with Crippen molar-refractivity contribution in [2.75, 3.05) is 33.7 Å². The van der Waals surface area contributed by atoms with E-state index in [0.29, 0.717) is 0 Å². The minimum absolute atomic E-state index is 0.0434. The SMILES string of the molecule is CN(C)CCCNC(=O)C1CCCCCN1. The van der Waals surface area contributed by atoms with Crippen molar-refractivity contribution in [3.63, 3.8) is 0 Å². The summed E-state index contributed by atoms with van der Waals surface area (Å²) in [5.41, 5.74) is 0. The molecule has 1 rings (SSSR count). The molecule has 1 aliphatic rings. The second-order valence-corrected chi connectivity index (χ2v) is 4.80. The van der Waals surface area contributed by atoms with Crippen molar-refractivity contribution in [2.24, 2.45) is 0 Å². The highest BCUT2D eigenvalue weighted by Crippen LogP contribution is 2.08. The summed E-state index contributed by atoms with van der Waals surface area (Å²) in [6.07, 6.45) is 5.62. The second-order valence-electron chi connectivity index (χ2n) is 4.80. The third kappa shape index (κ3) is 5.47. The largest absolute Gasteiger partial charge is 0.355 e. The van der Waals surface area contributed by atoms with Gasteiger partial charge in [0.15, 0.2) is 0 Å². The van der Waals surface area contributed by atoms with Gasteiger partial charge in [-0.25, -0.2) is 0 Å². The average molecular weight is 227 g/mol. The molecule has 1 fully saturated rings. The van der Waals surface area contributed by atoms with E-state index in [-0.39, 0.29) is 11.9 Å². The molecule has 0 aromatic heterocycles. The number of nitrogens with one attached hydrogen (secondary N) is 2. The van der Waals surface area contributed by atoms with Crippen molar-refractivity contribution in [3.05, 3.63) is 0 Å². The number of hydrogen-bond donors (Lipinski definition) is 2. The highest BCUT2D eigenvalue weighted by Gasteiger charge is 2.18. The van der Waals surface area contributed by atoms with Gasteiger partial charge in [0.05, 0.1) is 6.04 Å². The van der Waals surface area contributed by atoms with Crippen LogP contribution in [0.15, 0.2) is 0 Å². The van der Waals surface area contributed by atoms with Gasteiger partial charge < -0.3 is 15.5 Å². The normalized spacial score (nSPS) is 21.8. The van der Waals surface area contributed by atoms with E-state index in [0.717, 1.165) is 32.5 Å². The Labute approximate surface area is 98.8 Å². The molecular formula is C12H25N3O. The molecule has 94 valence electrons. The lowest BCUT2D eigenvalue weighted by Gasteiger charge is -2.16. The van der Waals surface area contributed by atoms with Crippen molar-refractivity contribution >= 4 is 5.91 Å². The van der Waals surface area contributed by atoms with Crippen LogP contribution < -0.4 is 10.6 Å². The molecule has 0 radical (unpaired) electrons. The maximum atomic E-state index is 11.8. The molecule has 1 saturated heterocycles. The topological polar surface area (TPSA) is 44.4 Å². The summed E-state index contributed by atoms with van der Waals surface area (Å²) >= 11 is 0. The van der Waals surface area contributed by atoms with Gasteiger partial charge >= 0.3 is 0 Å². The van der Waals surface area contributed by atoms with E-state index in [2.05, 4.69) is 29.6 Å². The van der Waals surface area contributed by atoms with Gasteiger partial charge in [-0.05, 0) is 46.4 Å². The summed E-state index contributed by atoms with van der Waals surface area (Å²) in [5.74, 6) is 0.181. The fraction of sp³-hybridized carbons (Fsp3) is 0.917.